The second-order valence-corrected chi connectivity index (χ2v) is 6.28. The van der Waals surface area contributed by atoms with Gasteiger partial charge in [0, 0.05) is 5.56 Å². The van der Waals surface area contributed by atoms with E-state index in [9.17, 15) is 9.59 Å². The van der Waals surface area contributed by atoms with E-state index in [1.165, 1.54) is 0 Å². The lowest BCUT2D eigenvalue weighted by atomic mass is 9.92. The van der Waals surface area contributed by atoms with Crippen molar-refractivity contribution in [2.75, 3.05) is 13.2 Å². The third-order valence-corrected chi connectivity index (χ3v) is 3.12. The second kappa shape index (κ2) is 5.87. The van der Waals surface area contributed by atoms with Crippen LogP contribution in [0.4, 0.5) is 4.79 Å². The highest BCUT2D eigenvalue weighted by atomic mass is 16.6. The monoisotopic (exact) mass is 307 g/mol. The van der Waals surface area contributed by atoms with Gasteiger partial charge in [-0.25, -0.2) is 4.79 Å². The number of hydrogen-bond acceptors (Lipinski definition) is 5. The Morgan fingerprint density at radius 3 is 2.55 bits per heavy atom. The number of fused-ring (bicyclic) bond motifs is 1. The summed E-state index contributed by atoms with van der Waals surface area (Å²) in [5.41, 5.74) is -1.39. The molecular weight excluding hydrogens is 286 g/mol. The Kier molecular flexibility index (Phi) is 4.30. The maximum absolute atomic E-state index is 12.0. The van der Waals surface area contributed by atoms with Gasteiger partial charge in [-0.3, -0.25) is 0 Å². The molecule has 1 amide bonds. The number of amides is 1. The first kappa shape index (κ1) is 16.1. The molecule has 6 nitrogen and oxygen atoms in total. The van der Waals surface area contributed by atoms with E-state index in [4.69, 9.17) is 14.2 Å². The van der Waals surface area contributed by atoms with E-state index in [1.807, 2.05) is 0 Å². The lowest BCUT2D eigenvalue weighted by Crippen LogP contribution is -2.47. The summed E-state index contributed by atoms with van der Waals surface area (Å²) in [4.78, 5) is 23.7. The average molecular weight is 307 g/mol. The summed E-state index contributed by atoms with van der Waals surface area (Å²) >= 11 is 0. The predicted molar refractivity (Wildman–Crippen MR) is 80.2 cm³/mol. The zero-order valence-electron chi connectivity index (χ0n) is 13.3. The molecule has 1 aliphatic heterocycles. The number of benzene rings is 1. The maximum atomic E-state index is 12.0. The molecule has 0 saturated heterocycles. The van der Waals surface area contributed by atoms with E-state index in [1.54, 1.807) is 45.9 Å². The molecule has 1 atom stereocenters. The normalized spacial score (nSPS) is 16.4. The van der Waals surface area contributed by atoms with Crippen LogP contribution in [0.3, 0.4) is 0 Å². The number of hydrogen-bond donors (Lipinski definition) is 1. The van der Waals surface area contributed by atoms with Crippen LogP contribution in [0.1, 0.15) is 33.3 Å². The van der Waals surface area contributed by atoms with Crippen LogP contribution in [-0.2, 0) is 15.1 Å². The van der Waals surface area contributed by atoms with Gasteiger partial charge in [-0.2, -0.15) is 0 Å². The molecule has 0 fully saturated rings. The summed E-state index contributed by atoms with van der Waals surface area (Å²) in [6, 6.07) is 5.23. The van der Waals surface area contributed by atoms with E-state index in [0.717, 1.165) is 0 Å². The van der Waals surface area contributed by atoms with E-state index in [-0.39, 0.29) is 0 Å². The lowest BCUT2D eigenvalue weighted by molar-refractivity contribution is -0.113. The number of ether oxygens (including phenoxy) is 3. The largest absolute Gasteiger partial charge is 0.486 e. The van der Waals surface area contributed by atoms with Crippen molar-refractivity contribution in [2.24, 2.45) is 0 Å². The van der Waals surface area contributed by atoms with Gasteiger partial charge in [-0.05, 0) is 33.8 Å². The number of nitrogens with one attached hydrogen (secondary N) is 1. The third kappa shape index (κ3) is 3.50. The van der Waals surface area contributed by atoms with E-state index >= 15 is 0 Å². The van der Waals surface area contributed by atoms with Crippen LogP contribution in [0, 0.1) is 0 Å². The molecule has 0 aliphatic carbocycles. The molecule has 1 aliphatic rings. The van der Waals surface area contributed by atoms with Gasteiger partial charge in [0.2, 0.25) is 0 Å². The van der Waals surface area contributed by atoms with Crippen LogP contribution in [0.5, 0.6) is 11.5 Å². The molecule has 0 bridgehead atoms. The summed E-state index contributed by atoms with van der Waals surface area (Å²) in [6.07, 6.45) is -0.0127. The van der Waals surface area contributed by atoms with Crippen molar-refractivity contribution in [1.29, 1.82) is 0 Å². The van der Waals surface area contributed by atoms with Crippen LogP contribution in [0.25, 0.3) is 0 Å². The van der Waals surface area contributed by atoms with Crippen LogP contribution < -0.4 is 14.8 Å². The third-order valence-electron chi connectivity index (χ3n) is 3.12. The number of rotatable bonds is 3. The van der Waals surface area contributed by atoms with Gasteiger partial charge >= 0.3 is 6.09 Å². The summed E-state index contributed by atoms with van der Waals surface area (Å²) in [6.45, 7) is 7.71. The molecule has 0 radical (unpaired) electrons. The van der Waals surface area contributed by atoms with Crippen molar-refractivity contribution < 1.29 is 23.8 Å². The second-order valence-electron chi connectivity index (χ2n) is 6.28. The van der Waals surface area contributed by atoms with Crippen molar-refractivity contribution in [3.63, 3.8) is 0 Å². The van der Waals surface area contributed by atoms with Gasteiger partial charge in [0.1, 0.15) is 30.6 Å². The smallest absolute Gasteiger partial charge is 0.408 e. The minimum Gasteiger partial charge on any atom is -0.486 e. The van der Waals surface area contributed by atoms with Gasteiger partial charge in [-0.15, -0.1) is 0 Å². The van der Waals surface area contributed by atoms with Gasteiger partial charge in [-0.1, -0.05) is 12.1 Å². The quantitative estimate of drug-likeness (QED) is 0.868. The Morgan fingerprint density at radius 2 is 1.91 bits per heavy atom. The van der Waals surface area contributed by atoms with Crippen LogP contribution in [0.2, 0.25) is 0 Å². The minimum atomic E-state index is -1.27. The molecule has 0 aromatic heterocycles. The SMILES string of the molecule is CC(C)(C)OC(=O)NC(C)(C=O)c1cccc2c1OCCO2. The van der Waals surface area contributed by atoms with Gasteiger partial charge in [0.25, 0.3) is 0 Å². The highest BCUT2D eigenvalue weighted by Crippen LogP contribution is 2.38. The molecule has 0 saturated carbocycles. The van der Waals surface area contributed by atoms with E-state index in [0.29, 0.717) is 36.6 Å². The zero-order chi connectivity index (χ0) is 16.4. The van der Waals surface area contributed by atoms with Crippen LogP contribution in [0.15, 0.2) is 18.2 Å². The number of carbonyl (C=O) groups is 2. The fourth-order valence-corrected chi connectivity index (χ4v) is 2.16. The van der Waals surface area contributed by atoms with Crippen LogP contribution >= 0.6 is 0 Å². The molecule has 1 heterocycles. The van der Waals surface area contributed by atoms with E-state index < -0.39 is 17.2 Å². The lowest BCUT2D eigenvalue weighted by Gasteiger charge is -2.31. The predicted octanol–water partition coefficient (Wildman–Crippen LogP) is 2.40. The highest BCUT2D eigenvalue weighted by molar-refractivity contribution is 5.79. The first-order valence-corrected chi connectivity index (χ1v) is 7.12. The number of para-hydroxylation sites is 1. The molecule has 6 heteroatoms. The fourth-order valence-electron chi connectivity index (χ4n) is 2.16. The van der Waals surface area contributed by atoms with Gasteiger partial charge in [0.15, 0.2) is 11.5 Å². The maximum Gasteiger partial charge on any atom is 0.408 e. The van der Waals surface area contributed by atoms with Crippen molar-refractivity contribution >= 4 is 12.4 Å². The summed E-state index contributed by atoms with van der Waals surface area (Å²) in [7, 11) is 0. The summed E-state index contributed by atoms with van der Waals surface area (Å²) < 4.78 is 16.3. The first-order chi connectivity index (χ1) is 10.2. The van der Waals surface area contributed by atoms with Gasteiger partial charge in [0.05, 0.1) is 0 Å². The van der Waals surface area contributed by atoms with Crippen molar-refractivity contribution in [3.05, 3.63) is 23.8 Å². The molecule has 1 aromatic carbocycles. The molecule has 22 heavy (non-hydrogen) atoms. The minimum absolute atomic E-state index is 0.394. The summed E-state index contributed by atoms with van der Waals surface area (Å²) in [5, 5.41) is 2.60. The Bertz CT molecular complexity index is 578. The number of carbonyl (C=O) groups excluding carboxylic acids is 2. The molecule has 120 valence electrons. The molecule has 2 rings (SSSR count). The molecule has 1 unspecified atom stereocenters. The Balaban J connectivity index is 2.31. The average Bonchev–Trinajstić information content (AvgIpc) is 2.44. The van der Waals surface area contributed by atoms with Crippen molar-refractivity contribution in [2.45, 2.75) is 38.8 Å². The standard InChI is InChI=1S/C16H21NO5/c1-15(2,3)22-14(19)17-16(4,10-18)11-6-5-7-12-13(11)21-9-8-20-12/h5-7,10H,8-9H2,1-4H3,(H,17,19). The molecule has 0 spiro atoms. The Labute approximate surface area is 129 Å². The number of aldehydes is 1. The fraction of sp³-hybridized carbons (Fsp3) is 0.500. The van der Waals surface area contributed by atoms with Gasteiger partial charge < -0.3 is 24.3 Å². The molecule has 1 aromatic rings. The Hall–Kier alpha value is -2.24. The molecular formula is C16H21NO5. The van der Waals surface area contributed by atoms with Crippen molar-refractivity contribution in [1.82, 2.24) is 5.32 Å². The molecule has 1 N–H and O–H groups in total. The summed E-state index contributed by atoms with van der Waals surface area (Å²) in [5.74, 6) is 1.03. The topological polar surface area (TPSA) is 73.9 Å². The number of alkyl carbamates (subject to hydrolysis) is 1. The van der Waals surface area contributed by atoms with Crippen molar-refractivity contribution in [3.8, 4) is 11.5 Å². The highest BCUT2D eigenvalue weighted by Gasteiger charge is 2.35. The Morgan fingerprint density at radius 1 is 1.23 bits per heavy atom. The van der Waals surface area contributed by atoms with E-state index in [2.05, 4.69) is 5.32 Å². The zero-order valence-corrected chi connectivity index (χ0v) is 13.3. The van der Waals surface area contributed by atoms with Crippen LogP contribution in [-0.4, -0.2) is 31.2 Å². The first-order valence-electron chi connectivity index (χ1n) is 7.12.